The summed E-state index contributed by atoms with van der Waals surface area (Å²) in [7, 11) is 0. The summed E-state index contributed by atoms with van der Waals surface area (Å²) < 4.78 is 0. The van der Waals surface area contributed by atoms with Crippen molar-refractivity contribution in [3.63, 3.8) is 0 Å². The molecule has 1 aromatic carbocycles. The second-order valence-electron chi connectivity index (χ2n) is 9.60. The number of H-pyrrole nitrogens is 1. The molecule has 170 valence electrons. The van der Waals surface area contributed by atoms with Gasteiger partial charge in [-0.1, -0.05) is 31.0 Å². The van der Waals surface area contributed by atoms with Crippen LogP contribution in [0.25, 0.3) is 10.9 Å². The molecule has 3 aromatic rings. The highest BCUT2D eigenvalue weighted by atomic mass is 16.2. The Labute approximate surface area is 193 Å². The van der Waals surface area contributed by atoms with Gasteiger partial charge in [0.1, 0.15) is 11.4 Å². The number of benzene rings is 1. The number of nitrogens with zero attached hydrogens (tertiary/aromatic N) is 3. The summed E-state index contributed by atoms with van der Waals surface area (Å²) in [6.45, 7) is 1.39. The van der Waals surface area contributed by atoms with E-state index in [1.807, 2.05) is 35.4 Å². The molecule has 1 spiro atoms. The maximum Gasteiger partial charge on any atom is 0.227 e. The number of amides is 1. The number of aliphatic imine (C=N–C) groups is 1. The minimum atomic E-state index is -0.396. The zero-order valence-corrected chi connectivity index (χ0v) is 18.8. The highest BCUT2D eigenvalue weighted by Gasteiger charge is 2.45. The highest BCUT2D eigenvalue weighted by molar-refractivity contribution is 6.09. The summed E-state index contributed by atoms with van der Waals surface area (Å²) in [5.74, 6) is 1.94. The Bertz CT molecular complexity index is 1210. The smallest absolute Gasteiger partial charge is 0.227 e. The van der Waals surface area contributed by atoms with Crippen molar-refractivity contribution in [1.82, 2.24) is 14.9 Å². The number of carbonyl (C=O) groups is 1. The van der Waals surface area contributed by atoms with Crippen molar-refractivity contribution in [2.75, 3.05) is 23.7 Å². The lowest BCUT2D eigenvalue weighted by Gasteiger charge is -2.47. The number of amidine groups is 1. The van der Waals surface area contributed by atoms with Gasteiger partial charge in [-0.15, -0.1) is 0 Å². The first-order valence-corrected chi connectivity index (χ1v) is 12.1. The number of para-hydroxylation sites is 1. The van der Waals surface area contributed by atoms with Crippen LogP contribution >= 0.6 is 0 Å². The van der Waals surface area contributed by atoms with Gasteiger partial charge in [-0.3, -0.25) is 9.79 Å². The number of anilines is 2. The van der Waals surface area contributed by atoms with Gasteiger partial charge in [0.2, 0.25) is 5.91 Å². The fraction of sp³-hybridized carbons (Fsp3) is 0.423. The lowest BCUT2D eigenvalue weighted by atomic mass is 9.85. The lowest BCUT2D eigenvalue weighted by Crippen LogP contribution is -2.63. The number of carbonyl (C=O) groups excluding carboxylic acids is 1. The quantitative estimate of drug-likeness (QED) is 0.563. The van der Waals surface area contributed by atoms with Gasteiger partial charge in [-0.25, -0.2) is 4.98 Å². The first-order valence-electron chi connectivity index (χ1n) is 12.1. The number of aromatic nitrogens is 2. The van der Waals surface area contributed by atoms with Crippen molar-refractivity contribution >= 4 is 34.2 Å². The van der Waals surface area contributed by atoms with Gasteiger partial charge in [0.05, 0.1) is 24.7 Å². The number of nitrogens with one attached hydrogen (secondary N) is 3. The number of likely N-dealkylation sites (tertiary alicyclic amines) is 1. The Balaban J connectivity index is 1.28. The van der Waals surface area contributed by atoms with Gasteiger partial charge in [-0.2, -0.15) is 0 Å². The summed E-state index contributed by atoms with van der Waals surface area (Å²) >= 11 is 0. The molecule has 7 nitrogen and oxygen atoms in total. The lowest BCUT2D eigenvalue weighted by molar-refractivity contribution is -0.131. The summed E-state index contributed by atoms with van der Waals surface area (Å²) in [5.41, 5.74) is 2.71. The Morgan fingerprint density at radius 1 is 1.15 bits per heavy atom. The molecular formula is C26H30N6O. The molecular weight excluding hydrogens is 412 g/mol. The van der Waals surface area contributed by atoms with Crippen LogP contribution < -0.4 is 10.6 Å². The van der Waals surface area contributed by atoms with Gasteiger partial charge in [0, 0.05) is 29.8 Å². The Morgan fingerprint density at radius 2 is 2.03 bits per heavy atom. The molecule has 1 saturated heterocycles. The third kappa shape index (κ3) is 3.75. The van der Waals surface area contributed by atoms with Crippen LogP contribution in [0.5, 0.6) is 0 Å². The number of aromatic amines is 1. The van der Waals surface area contributed by atoms with Crippen LogP contribution in [0.2, 0.25) is 0 Å². The summed E-state index contributed by atoms with van der Waals surface area (Å²) in [6, 6.07) is 12.5. The molecule has 2 fully saturated rings. The largest absolute Gasteiger partial charge is 0.368 e. The van der Waals surface area contributed by atoms with E-state index in [1.54, 1.807) is 6.20 Å². The predicted molar refractivity (Wildman–Crippen MR) is 132 cm³/mol. The Kier molecular flexibility index (Phi) is 5.04. The van der Waals surface area contributed by atoms with Crippen LogP contribution in [0.3, 0.4) is 0 Å². The molecule has 1 amide bonds. The van der Waals surface area contributed by atoms with E-state index in [2.05, 4.69) is 32.7 Å². The van der Waals surface area contributed by atoms with E-state index in [0.717, 1.165) is 66.0 Å². The summed E-state index contributed by atoms with van der Waals surface area (Å²) in [5, 5.41) is 8.42. The molecule has 2 aliphatic heterocycles. The number of piperidine rings is 1. The molecule has 1 atom stereocenters. The fourth-order valence-corrected chi connectivity index (χ4v) is 5.64. The van der Waals surface area contributed by atoms with Crippen LogP contribution in [-0.2, 0) is 11.2 Å². The van der Waals surface area contributed by atoms with Gasteiger partial charge in [-0.05, 0) is 49.4 Å². The Hall–Kier alpha value is -3.35. The van der Waals surface area contributed by atoms with Crippen LogP contribution in [0.15, 0.2) is 53.8 Å². The molecule has 2 aromatic heterocycles. The Morgan fingerprint density at radius 3 is 2.94 bits per heavy atom. The summed E-state index contributed by atoms with van der Waals surface area (Å²) in [6.07, 6.45) is 10.8. The molecule has 0 bridgehead atoms. The van der Waals surface area contributed by atoms with E-state index in [1.165, 1.54) is 12.8 Å². The molecule has 1 aliphatic carbocycles. The first kappa shape index (κ1) is 20.3. The highest BCUT2D eigenvalue weighted by Crippen LogP contribution is 2.36. The zero-order valence-electron chi connectivity index (χ0n) is 18.8. The molecule has 6 rings (SSSR count). The minimum absolute atomic E-state index is 0.165. The van der Waals surface area contributed by atoms with E-state index in [0.29, 0.717) is 19.0 Å². The number of hydrogen-bond donors (Lipinski definition) is 3. The summed E-state index contributed by atoms with van der Waals surface area (Å²) in [4.78, 5) is 28.5. The standard InChI is InChI=1S/C26H30N6O/c33-23(15-18-16-28-21-10-4-3-9-20(18)21)32-14-6-12-26(17-32)25(29-19-7-1-2-8-19)30-24-22(31-26)11-5-13-27-24/h3-5,9-11,13,16,19,28,31H,1-2,6-8,12,14-15,17H2,(H,27,29,30)/t26-/m1/s1. The van der Waals surface area contributed by atoms with Crippen molar-refractivity contribution in [3.05, 3.63) is 54.4 Å². The van der Waals surface area contributed by atoms with Crippen LogP contribution in [0, 0.1) is 0 Å². The van der Waals surface area contributed by atoms with E-state index < -0.39 is 5.54 Å². The number of rotatable bonds is 3. The molecule has 33 heavy (non-hydrogen) atoms. The molecule has 3 N–H and O–H groups in total. The van der Waals surface area contributed by atoms with Gasteiger partial charge in [0.25, 0.3) is 0 Å². The van der Waals surface area contributed by atoms with E-state index in [4.69, 9.17) is 4.99 Å². The molecule has 7 heteroatoms. The second-order valence-corrected chi connectivity index (χ2v) is 9.60. The molecule has 4 heterocycles. The average molecular weight is 443 g/mol. The maximum absolute atomic E-state index is 13.4. The van der Waals surface area contributed by atoms with E-state index in [-0.39, 0.29) is 5.91 Å². The first-order chi connectivity index (χ1) is 16.2. The van der Waals surface area contributed by atoms with Crippen LogP contribution in [-0.4, -0.2) is 51.3 Å². The topological polar surface area (TPSA) is 85.4 Å². The van der Waals surface area contributed by atoms with Gasteiger partial charge >= 0.3 is 0 Å². The fourth-order valence-electron chi connectivity index (χ4n) is 5.64. The van der Waals surface area contributed by atoms with Gasteiger partial charge < -0.3 is 20.5 Å². The molecule has 0 radical (unpaired) electrons. The molecule has 3 aliphatic rings. The average Bonchev–Trinajstić information content (AvgIpc) is 3.50. The SMILES string of the molecule is O=C(Cc1c[nH]c2ccccc12)N1CCC[C@]2(C1)Nc1cccnc1NC2=NC1CCCC1. The van der Waals surface area contributed by atoms with Crippen molar-refractivity contribution in [1.29, 1.82) is 0 Å². The number of hydrogen-bond acceptors (Lipinski definition) is 4. The van der Waals surface area contributed by atoms with Crippen molar-refractivity contribution in [3.8, 4) is 0 Å². The molecule has 1 saturated carbocycles. The van der Waals surface area contributed by atoms with Crippen LogP contribution in [0.4, 0.5) is 11.5 Å². The van der Waals surface area contributed by atoms with Crippen molar-refractivity contribution in [2.45, 2.75) is 56.5 Å². The predicted octanol–water partition coefficient (Wildman–Crippen LogP) is 4.35. The maximum atomic E-state index is 13.4. The number of pyridine rings is 1. The van der Waals surface area contributed by atoms with E-state index >= 15 is 0 Å². The normalized spacial score (nSPS) is 24.1. The second kappa shape index (κ2) is 8.21. The third-order valence-corrected chi connectivity index (χ3v) is 7.37. The zero-order chi connectivity index (χ0) is 22.3. The van der Waals surface area contributed by atoms with Gasteiger partial charge in [0.15, 0.2) is 5.82 Å². The minimum Gasteiger partial charge on any atom is -0.368 e. The van der Waals surface area contributed by atoms with Crippen LogP contribution in [0.1, 0.15) is 44.1 Å². The van der Waals surface area contributed by atoms with Crippen molar-refractivity contribution < 1.29 is 4.79 Å². The van der Waals surface area contributed by atoms with Crippen molar-refractivity contribution in [2.24, 2.45) is 4.99 Å². The third-order valence-electron chi connectivity index (χ3n) is 7.37. The monoisotopic (exact) mass is 442 g/mol. The number of fused-ring (bicyclic) bond motifs is 2. The molecule has 0 unspecified atom stereocenters. The van der Waals surface area contributed by atoms with E-state index in [9.17, 15) is 4.79 Å².